The molecule has 0 radical (unpaired) electrons. The van der Waals surface area contributed by atoms with Crippen molar-refractivity contribution in [2.75, 3.05) is 13.1 Å². The molecule has 0 unspecified atom stereocenters. The zero-order valence-electron chi connectivity index (χ0n) is 12.9. The first-order valence-electron chi connectivity index (χ1n) is 7.85. The third-order valence-electron chi connectivity index (χ3n) is 4.67. The minimum absolute atomic E-state index is 0.00707. The van der Waals surface area contributed by atoms with E-state index >= 15 is 0 Å². The number of piperidine rings is 1. The lowest BCUT2D eigenvalue weighted by atomic mass is 9.81. The van der Waals surface area contributed by atoms with Crippen LogP contribution in [0.1, 0.15) is 30.4 Å². The fourth-order valence-electron chi connectivity index (χ4n) is 3.27. The van der Waals surface area contributed by atoms with Gasteiger partial charge in [0.15, 0.2) is 0 Å². The Bertz CT molecular complexity index is 620. The SMILES string of the molecule is O=C(/C=C/c1ccc(CN2C(=O)CCCC23CNC3)cc1)NO. The number of nitrogens with one attached hydrogen (secondary N) is 2. The second kappa shape index (κ2) is 6.52. The Morgan fingerprint density at radius 3 is 2.70 bits per heavy atom. The molecule has 0 atom stereocenters. The number of rotatable bonds is 4. The van der Waals surface area contributed by atoms with Gasteiger partial charge in [0.1, 0.15) is 0 Å². The van der Waals surface area contributed by atoms with Crippen molar-refractivity contribution in [2.45, 2.75) is 31.3 Å². The van der Waals surface area contributed by atoms with E-state index < -0.39 is 5.91 Å². The fourth-order valence-corrected chi connectivity index (χ4v) is 3.27. The number of amides is 2. The molecule has 0 aromatic heterocycles. The molecule has 3 rings (SSSR count). The lowest BCUT2D eigenvalue weighted by Gasteiger charge is -2.53. The molecule has 3 N–H and O–H groups in total. The predicted molar refractivity (Wildman–Crippen MR) is 85.4 cm³/mol. The molecule has 2 heterocycles. The number of hydrogen-bond acceptors (Lipinski definition) is 4. The molecule has 23 heavy (non-hydrogen) atoms. The van der Waals surface area contributed by atoms with Gasteiger partial charge in [0, 0.05) is 32.1 Å². The first-order valence-corrected chi connectivity index (χ1v) is 7.85. The molecule has 2 aliphatic heterocycles. The average molecular weight is 315 g/mol. The molecule has 122 valence electrons. The van der Waals surface area contributed by atoms with Gasteiger partial charge in [0.05, 0.1) is 5.54 Å². The number of carbonyl (C=O) groups excluding carboxylic acids is 2. The van der Waals surface area contributed by atoms with E-state index in [1.807, 2.05) is 29.2 Å². The molecule has 2 amide bonds. The highest BCUT2D eigenvalue weighted by molar-refractivity contribution is 5.90. The van der Waals surface area contributed by atoms with Crippen molar-refractivity contribution in [3.05, 3.63) is 41.5 Å². The van der Waals surface area contributed by atoms with Crippen molar-refractivity contribution >= 4 is 17.9 Å². The topological polar surface area (TPSA) is 81.7 Å². The monoisotopic (exact) mass is 315 g/mol. The molecule has 1 aromatic carbocycles. The van der Waals surface area contributed by atoms with Crippen LogP contribution in [0.4, 0.5) is 0 Å². The van der Waals surface area contributed by atoms with Crippen molar-refractivity contribution in [3.63, 3.8) is 0 Å². The number of carbonyl (C=O) groups is 2. The number of nitrogens with zero attached hydrogens (tertiary/aromatic N) is 1. The van der Waals surface area contributed by atoms with Gasteiger partial charge in [-0.2, -0.15) is 0 Å². The van der Waals surface area contributed by atoms with Gasteiger partial charge >= 0.3 is 0 Å². The largest absolute Gasteiger partial charge is 0.330 e. The molecular weight excluding hydrogens is 294 g/mol. The third kappa shape index (κ3) is 3.28. The van der Waals surface area contributed by atoms with Crippen molar-refractivity contribution < 1.29 is 14.8 Å². The van der Waals surface area contributed by atoms with Crippen molar-refractivity contribution in [1.29, 1.82) is 0 Å². The zero-order chi connectivity index (χ0) is 16.3. The van der Waals surface area contributed by atoms with E-state index in [-0.39, 0.29) is 11.4 Å². The second-order valence-corrected chi connectivity index (χ2v) is 6.21. The molecule has 0 bridgehead atoms. The van der Waals surface area contributed by atoms with Crippen LogP contribution in [0.15, 0.2) is 30.3 Å². The molecule has 6 nitrogen and oxygen atoms in total. The molecular formula is C17H21N3O3. The van der Waals surface area contributed by atoms with Gasteiger partial charge in [-0.15, -0.1) is 0 Å². The minimum atomic E-state index is -0.563. The van der Waals surface area contributed by atoms with E-state index in [4.69, 9.17) is 5.21 Å². The average Bonchev–Trinajstić information content (AvgIpc) is 2.54. The summed E-state index contributed by atoms with van der Waals surface area (Å²) < 4.78 is 0. The summed E-state index contributed by atoms with van der Waals surface area (Å²) in [6.07, 6.45) is 5.58. The summed E-state index contributed by atoms with van der Waals surface area (Å²) in [5.41, 5.74) is 3.50. The van der Waals surface area contributed by atoms with E-state index in [0.717, 1.165) is 37.1 Å². The van der Waals surface area contributed by atoms with Crippen LogP contribution < -0.4 is 10.8 Å². The molecule has 2 saturated heterocycles. The van der Waals surface area contributed by atoms with E-state index in [2.05, 4.69) is 5.32 Å². The number of hydroxylamine groups is 1. The van der Waals surface area contributed by atoms with Crippen LogP contribution in [-0.2, 0) is 16.1 Å². The van der Waals surface area contributed by atoms with Gasteiger partial charge in [0.2, 0.25) is 5.91 Å². The highest BCUT2D eigenvalue weighted by atomic mass is 16.5. The Morgan fingerprint density at radius 1 is 1.35 bits per heavy atom. The number of hydrogen-bond donors (Lipinski definition) is 3. The normalized spacial score (nSPS) is 19.9. The number of benzene rings is 1. The molecule has 2 aliphatic rings. The fraction of sp³-hybridized carbons (Fsp3) is 0.412. The Morgan fingerprint density at radius 2 is 2.09 bits per heavy atom. The first kappa shape index (κ1) is 15.7. The molecule has 6 heteroatoms. The standard InChI is InChI=1S/C17H21N3O3/c21-15(19-23)8-7-13-3-5-14(6-4-13)10-20-16(22)2-1-9-17(20)11-18-12-17/h3-8,18,23H,1-2,9-12H2,(H,19,21)/b8-7+. The van der Waals surface area contributed by atoms with E-state index in [1.54, 1.807) is 11.6 Å². The lowest BCUT2D eigenvalue weighted by Crippen LogP contribution is -2.71. The molecule has 0 aliphatic carbocycles. The maximum Gasteiger partial charge on any atom is 0.267 e. The summed E-state index contributed by atoms with van der Waals surface area (Å²) in [6.45, 7) is 2.40. The Hall–Kier alpha value is -2.18. The second-order valence-electron chi connectivity index (χ2n) is 6.21. The lowest BCUT2D eigenvalue weighted by molar-refractivity contribution is -0.146. The first-order chi connectivity index (χ1) is 11.1. The highest BCUT2D eigenvalue weighted by Crippen LogP contribution is 2.33. The highest BCUT2D eigenvalue weighted by Gasteiger charge is 2.46. The summed E-state index contributed by atoms with van der Waals surface area (Å²) in [5, 5.41) is 11.7. The molecule has 1 spiro atoms. The van der Waals surface area contributed by atoms with Gasteiger partial charge in [-0.05, 0) is 30.0 Å². The van der Waals surface area contributed by atoms with Crippen LogP contribution in [0.5, 0.6) is 0 Å². The molecule has 2 fully saturated rings. The van der Waals surface area contributed by atoms with Crippen molar-refractivity contribution in [3.8, 4) is 0 Å². The van der Waals surface area contributed by atoms with E-state index in [9.17, 15) is 9.59 Å². The maximum absolute atomic E-state index is 12.3. The van der Waals surface area contributed by atoms with Crippen LogP contribution in [0.2, 0.25) is 0 Å². The van der Waals surface area contributed by atoms with Gasteiger partial charge in [-0.1, -0.05) is 24.3 Å². The van der Waals surface area contributed by atoms with Crippen LogP contribution in [-0.4, -0.2) is 40.5 Å². The quantitative estimate of drug-likeness (QED) is 0.441. The minimum Gasteiger partial charge on any atom is -0.330 e. The van der Waals surface area contributed by atoms with Crippen LogP contribution in [0, 0.1) is 0 Å². The third-order valence-corrected chi connectivity index (χ3v) is 4.67. The van der Waals surface area contributed by atoms with Gasteiger partial charge in [0.25, 0.3) is 5.91 Å². The molecule has 1 aromatic rings. The summed E-state index contributed by atoms with van der Waals surface area (Å²) in [4.78, 5) is 25.3. The van der Waals surface area contributed by atoms with E-state index in [1.165, 1.54) is 6.08 Å². The van der Waals surface area contributed by atoms with Crippen LogP contribution in [0.3, 0.4) is 0 Å². The van der Waals surface area contributed by atoms with Gasteiger partial charge < -0.3 is 10.2 Å². The number of likely N-dealkylation sites (tertiary alicyclic amines) is 1. The maximum atomic E-state index is 12.3. The Labute approximate surface area is 135 Å². The smallest absolute Gasteiger partial charge is 0.267 e. The summed E-state index contributed by atoms with van der Waals surface area (Å²) in [7, 11) is 0. The van der Waals surface area contributed by atoms with Gasteiger partial charge in [-0.25, -0.2) is 5.48 Å². The Kier molecular flexibility index (Phi) is 4.45. The summed E-state index contributed by atoms with van der Waals surface area (Å²) in [6, 6.07) is 7.74. The van der Waals surface area contributed by atoms with Crippen molar-refractivity contribution in [2.24, 2.45) is 0 Å². The van der Waals surface area contributed by atoms with Crippen LogP contribution >= 0.6 is 0 Å². The zero-order valence-corrected chi connectivity index (χ0v) is 12.9. The summed E-state index contributed by atoms with van der Waals surface area (Å²) in [5.74, 6) is -0.325. The van der Waals surface area contributed by atoms with Crippen LogP contribution in [0.25, 0.3) is 6.08 Å². The summed E-state index contributed by atoms with van der Waals surface area (Å²) >= 11 is 0. The van der Waals surface area contributed by atoms with Gasteiger partial charge in [-0.3, -0.25) is 14.8 Å². The molecule has 0 saturated carbocycles. The van der Waals surface area contributed by atoms with Crippen molar-refractivity contribution in [1.82, 2.24) is 15.7 Å². The predicted octanol–water partition coefficient (Wildman–Crippen LogP) is 1.06. The van der Waals surface area contributed by atoms with E-state index in [0.29, 0.717) is 13.0 Å². The Balaban J connectivity index is 1.69.